The van der Waals surface area contributed by atoms with Gasteiger partial charge in [-0.25, -0.2) is 4.39 Å². The summed E-state index contributed by atoms with van der Waals surface area (Å²) in [4.78, 5) is 17.0. The van der Waals surface area contributed by atoms with Crippen LogP contribution >= 0.6 is 11.6 Å². The molecule has 0 spiro atoms. The Balaban J connectivity index is 1.98. The summed E-state index contributed by atoms with van der Waals surface area (Å²) in [6.45, 7) is 3.76. The van der Waals surface area contributed by atoms with Gasteiger partial charge in [-0.3, -0.25) is 9.78 Å². The number of nitrogens with zero attached hydrogens (tertiary/aromatic N) is 1. The average molecular weight is 329 g/mol. The SMILES string of the molecule is Cc1ccc2nc(C)c(C(=O)Nc3ccc(F)cc3Cl)cc2c1. The van der Waals surface area contributed by atoms with E-state index in [1.54, 1.807) is 13.0 Å². The number of anilines is 1. The third-order valence-corrected chi connectivity index (χ3v) is 3.90. The zero-order chi connectivity index (χ0) is 16.6. The Labute approximate surface area is 138 Å². The summed E-state index contributed by atoms with van der Waals surface area (Å²) in [6.07, 6.45) is 0. The van der Waals surface area contributed by atoms with Crippen LogP contribution in [0.4, 0.5) is 10.1 Å². The Hall–Kier alpha value is -2.46. The summed E-state index contributed by atoms with van der Waals surface area (Å²) in [5.74, 6) is -0.779. The van der Waals surface area contributed by atoms with Gasteiger partial charge in [0.1, 0.15) is 5.82 Å². The maximum Gasteiger partial charge on any atom is 0.257 e. The largest absolute Gasteiger partial charge is 0.321 e. The molecule has 2 aromatic carbocycles. The quantitative estimate of drug-likeness (QED) is 0.727. The molecule has 0 aliphatic carbocycles. The van der Waals surface area contributed by atoms with Gasteiger partial charge in [0.25, 0.3) is 5.91 Å². The lowest BCUT2D eigenvalue weighted by Gasteiger charge is -2.10. The third kappa shape index (κ3) is 3.17. The summed E-state index contributed by atoms with van der Waals surface area (Å²) >= 11 is 5.95. The highest BCUT2D eigenvalue weighted by atomic mass is 35.5. The van der Waals surface area contributed by atoms with Crippen molar-refractivity contribution in [2.45, 2.75) is 13.8 Å². The van der Waals surface area contributed by atoms with Crippen LogP contribution in [-0.4, -0.2) is 10.9 Å². The van der Waals surface area contributed by atoms with Crippen molar-refractivity contribution in [2.75, 3.05) is 5.32 Å². The number of pyridine rings is 1. The molecule has 23 heavy (non-hydrogen) atoms. The van der Waals surface area contributed by atoms with E-state index in [0.29, 0.717) is 16.9 Å². The van der Waals surface area contributed by atoms with E-state index in [-0.39, 0.29) is 10.9 Å². The molecule has 0 atom stereocenters. The number of amides is 1. The first-order valence-corrected chi connectivity index (χ1v) is 7.46. The first-order chi connectivity index (χ1) is 10.9. The van der Waals surface area contributed by atoms with Crippen LogP contribution in [0, 0.1) is 19.7 Å². The zero-order valence-electron chi connectivity index (χ0n) is 12.7. The number of aryl methyl sites for hydroxylation is 2. The highest BCUT2D eigenvalue weighted by molar-refractivity contribution is 6.34. The summed E-state index contributed by atoms with van der Waals surface area (Å²) in [5.41, 5.74) is 3.38. The molecule has 0 saturated carbocycles. The van der Waals surface area contributed by atoms with Gasteiger partial charge in [-0.05, 0) is 50.2 Å². The molecule has 0 saturated heterocycles. The van der Waals surface area contributed by atoms with E-state index in [1.165, 1.54) is 12.1 Å². The van der Waals surface area contributed by atoms with Gasteiger partial charge < -0.3 is 5.32 Å². The predicted molar refractivity (Wildman–Crippen MR) is 90.6 cm³/mol. The first-order valence-electron chi connectivity index (χ1n) is 7.08. The van der Waals surface area contributed by atoms with E-state index < -0.39 is 5.82 Å². The lowest BCUT2D eigenvalue weighted by Crippen LogP contribution is -2.14. The monoisotopic (exact) mass is 328 g/mol. The van der Waals surface area contributed by atoms with Crippen molar-refractivity contribution in [3.05, 3.63) is 70.1 Å². The number of benzene rings is 2. The van der Waals surface area contributed by atoms with Crippen molar-refractivity contribution in [2.24, 2.45) is 0 Å². The molecular weight excluding hydrogens is 315 g/mol. The summed E-state index contributed by atoms with van der Waals surface area (Å²) < 4.78 is 13.1. The molecule has 0 unspecified atom stereocenters. The highest BCUT2D eigenvalue weighted by Crippen LogP contribution is 2.24. The van der Waals surface area contributed by atoms with Crippen molar-refractivity contribution < 1.29 is 9.18 Å². The van der Waals surface area contributed by atoms with E-state index >= 15 is 0 Å². The minimum atomic E-state index is -0.452. The van der Waals surface area contributed by atoms with Crippen molar-refractivity contribution in [1.82, 2.24) is 4.98 Å². The summed E-state index contributed by atoms with van der Waals surface area (Å²) in [7, 11) is 0. The van der Waals surface area contributed by atoms with Crippen molar-refractivity contribution >= 4 is 34.1 Å². The normalized spacial score (nSPS) is 10.8. The number of halogens is 2. The molecule has 0 bridgehead atoms. The number of nitrogens with one attached hydrogen (secondary N) is 1. The van der Waals surface area contributed by atoms with E-state index in [0.717, 1.165) is 22.5 Å². The van der Waals surface area contributed by atoms with Crippen LogP contribution in [-0.2, 0) is 0 Å². The van der Waals surface area contributed by atoms with Crippen LogP contribution in [0.3, 0.4) is 0 Å². The third-order valence-electron chi connectivity index (χ3n) is 3.58. The van der Waals surface area contributed by atoms with Crippen molar-refractivity contribution in [3.8, 4) is 0 Å². The molecule has 0 radical (unpaired) electrons. The topological polar surface area (TPSA) is 42.0 Å². The fourth-order valence-electron chi connectivity index (χ4n) is 2.40. The van der Waals surface area contributed by atoms with Crippen molar-refractivity contribution in [1.29, 1.82) is 0 Å². The Morgan fingerprint density at radius 1 is 1.13 bits per heavy atom. The lowest BCUT2D eigenvalue weighted by molar-refractivity contribution is 0.102. The molecular formula is C18H14ClFN2O. The van der Waals surface area contributed by atoms with Gasteiger partial charge in [-0.1, -0.05) is 23.2 Å². The van der Waals surface area contributed by atoms with E-state index in [9.17, 15) is 9.18 Å². The van der Waals surface area contributed by atoms with Crippen LogP contribution in [0.1, 0.15) is 21.6 Å². The van der Waals surface area contributed by atoms with Crippen LogP contribution in [0.15, 0.2) is 42.5 Å². The van der Waals surface area contributed by atoms with Gasteiger partial charge >= 0.3 is 0 Å². The molecule has 5 heteroatoms. The standard InChI is InChI=1S/C18H14ClFN2O/c1-10-3-5-16-12(7-10)8-14(11(2)21-16)18(23)22-17-6-4-13(20)9-15(17)19/h3-9H,1-2H3,(H,22,23). The Bertz CT molecular complexity index is 924. The van der Waals surface area contributed by atoms with Crippen LogP contribution in [0.2, 0.25) is 5.02 Å². The number of carbonyl (C=O) groups excluding carboxylic acids is 1. The minimum absolute atomic E-state index is 0.153. The highest BCUT2D eigenvalue weighted by Gasteiger charge is 2.13. The Kier molecular flexibility index (Phi) is 4.01. The fraction of sp³-hybridized carbons (Fsp3) is 0.111. The molecule has 3 rings (SSSR count). The maximum atomic E-state index is 13.1. The van der Waals surface area contributed by atoms with Gasteiger partial charge in [0.2, 0.25) is 0 Å². The molecule has 0 aliphatic heterocycles. The van der Waals surface area contributed by atoms with E-state index in [4.69, 9.17) is 11.6 Å². The van der Waals surface area contributed by atoms with E-state index in [1.807, 2.05) is 25.1 Å². The number of rotatable bonds is 2. The zero-order valence-corrected chi connectivity index (χ0v) is 13.4. The fourth-order valence-corrected chi connectivity index (χ4v) is 2.62. The number of hydrogen-bond donors (Lipinski definition) is 1. The molecule has 1 N–H and O–H groups in total. The van der Waals surface area contributed by atoms with Gasteiger partial charge in [0, 0.05) is 5.39 Å². The van der Waals surface area contributed by atoms with Crippen LogP contribution in [0.25, 0.3) is 10.9 Å². The second kappa shape index (κ2) is 5.97. The molecule has 3 aromatic rings. The van der Waals surface area contributed by atoms with Gasteiger partial charge in [0.15, 0.2) is 0 Å². The van der Waals surface area contributed by atoms with Gasteiger partial charge in [-0.15, -0.1) is 0 Å². The summed E-state index contributed by atoms with van der Waals surface area (Å²) in [6, 6.07) is 11.5. The van der Waals surface area contributed by atoms with Crippen molar-refractivity contribution in [3.63, 3.8) is 0 Å². The molecule has 1 amide bonds. The molecule has 116 valence electrons. The number of fused-ring (bicyclic) bond motifs is 1. The first kappa shape index (κ1) is 15.4. The lowest BCUT2D eigenvalue weighted by atomic mass is 10.1. The smallest absolute Gasteiger partial charge is 0.257 e. The minimum Gasteiger partial charge on any atom is -0.321 e. The maximum absolute atomic E-state index is 13.1. The number of aromatic nitrogens is 1. The molecule has 0 fully saturated rings. The van der Waals surface area contributed by atoms with Gasteiger partial charge in [0.05, 0.1) is 27.5 Å². The average Bonchev–Trinajstić information content (AvgIpc) is 2.49. The van der Waals surface area contributed by atoms with Crippen LogP contribution in [0.5, 0.6) is 0 Å². The molecule has 1 aromatic heterocycles. The molecule has 3 nitrogen and oxygen atoms in total. The molecule has 0 aliphatic rings. The second-order valence-electron chi connectivity index (χ2n) is 5.40. The Morgan fingerprint density at radius 3 is 2.65 bits per heavy atom. The van der Waals surface area contributed by atoms with Crippen LogP contribution < -0.4 is 5.32 Å². The summed E-state index contributed by atoms with van der Waals surface area (Å²) in [5, 5.41) is 3.74. The molecule has 1 heterocycles. The number of carbonyl (C=O) groups is 1. The van der Waals surface area contributed by atoms with Gasteiger partial charge in [-0.2, -0.15) is 0 Å². The predicted octanol–water partition coefficient (Wildman–Crippen LogP) is 4.90. The Morgan fingerprint density at radius 2 is 1.91 bits per heavy atom. The number of hydrogen-bond acceptors (Lipinski definition) is 2. The van der Waals surface area contributed by atoms with E-state index in [2.05, 4.69) is 10.3 Å². The second-order valence-corrected chi connectivity index (χ2v) is 5.80.